The van der Waals surface area contributed by atoms with E-state index in [9.17, 15) is 4.39 Å². The van der Waals surface area contributed by atoms with Crippen molar-refractivity contribution in [3.05, 3.63) is 58.3 Å². The molecule has 1 atom stereocenters. The van der Waals surface area contributed by atoms with Crippen molar-refractivity contribution >= 4 is 33.4 Å². The number of hydrogen-bond acceptors (Lipinski definition) is 2. The van der Waals surface area contributed by atoms with Gasteiger partial charge < -0.3 is 5.32 Å². The summed E-state index contributed by atoms with van der Waals surface area (Å²) in [4.78, 5) is 1.24. The summed E-state index contributed by atoms with van der Waals surface area (Å²) in [5.74, 6) is -0.240. The maximum absolute atomic E-state index is 13.2. The van der Waals surface area contributed by atoms with E-state index in [0.29, 0.717) is 0 Å². The molecule has 4 heteroatoms. The molecule has 0 fully saturated rings. The van der Waals surface area contributed by atoms with Gasteiger partial charge in [0.25, 0.3) is 0 Å². The molecule has 1 nitrogen and oxygen atoms in total. The Balaban J connectivity index is 2.15. The lowest BCUT2D eigenvalue weighted by Gasteiger charge is -2.17. The van der Waals surface area contributed by atoms with Crippen LogP contribution in [0.25, 0.3) is 0 Å². The second-order valence-corrected chi connectivity index (χ2v) is 6.00. The Morgan fingerprint density at radius 1 is 1.16 bits per heavy atom. The van der Waals surface area contributed by atoms with Crippen molar-refractivity contribution in [1.82, 2.24) is 0 Å². The zero-order valence-corrected chi connectivity index (χ0v) is 13.2. The first kappa shape index (κ1) is 14.4. The van der Waals surface area contributed by atoms with Gasteiger partial charge in [-0.05, 0) is 65.0 Å². The molecule has 100 valence electrons. The van der Waals surface area contributed by atoms with Crippen molar-refractivity contribution in [3.63, 3.8) is 0 Å². The number of nitrogens with one attached hydrogen (secondary N) is 1. The molecule has 0 aliphatic heterocycles. The van der Waals surface area contributed by atoms with Gasteiger partial charge in [0.2, 0.25) is 0 Å². The van der Waals surface area contributed by atoms with Crippen LogP contribution in [0, 0.1) is 5.82 Å². The fourth-order valence-corrected chi connectivity index (χ4v) is 2.59. The van der Waals surface area contributed by atoms with Crippen molar-refractivity contribution in [2.45, 2.75) is 17.9 Å². The van der Waals surface area contributed by atoms with E-state index in [4.69, 9.17) is 0 Å². The largest absolute Gasteiger partial charge is 0.378 e. The van der Waals surface area contributed by atoms with Gasteiger partial charge >= 0.3 is 0 Å². The van der Waals surface area contributed by atoms with Crippen molar-refractivity contribution < 1.29 is 4.39 Å². The summed E-state index contributed by atoms with van der Waals surface area (Å²) in [6.45, 7) is 2.06. The van der Waals surface area contributed by atoms with Crippen LogP contribution < -0.4 is 5.32 Å². The summed E-state index contributed by atoms with van der Waals surface area (Å²) in [5, 5.41) is 3.31. The standard InChI is InChI=1S/C15H15BrFNS/c1-10(11-3-6-13(19-2)7-4-11)18-15-9-12(17)5-8-14(15)16/h3-10,18H,1-2H3. The normalized spacial score (nSPS) is 12.2. The molecule has 0 spiro atoms. The number of thioether (sulfide) groups is 1. The van der Waals surface area contributed by atoms with E-state index in [-0.39, 0.29) is 11.9 Å². The van der Waals surface area contributed by atoms with Gasteiger partial charge in [-0.25, -0.2) is 4.39 Å². The third-order valence-corrected chi connectivity index (χ3v) is 4.35. The molecule has 2 rings (SSSR count). The van der Waals surface area contributed by atoms with Crippen molar-refractivity contribution in [2.75, 3.05) is 11.6 Å². The van der Waals surface area contributed by atoms with Gasteiger partial charge in [-0.15, -0.1) is 11.8 Å². The van der Waals surface area contributed by atoms with E-state index in [1.807, 2.05) is 0 Å². The van der Waals surface area contributed by atoms with E-state index in [0.717, 1.165) is 10.2 Å². The lowest BCUT2D eigenvalue weighted by atomic mass is 10.1. The molecule has 0 bridgehead atoms. The quantitative estimate of drug-likeness (QED) is 0.740. The third-order valence-electron chi connectivity index (χ3n) is 2.92. The molecule has 0 aliphatic carbocycles. The smallest absolute Gasteiger partial charge is 0.125 e. The Morgan fingerprint density at radius 2 is 1.84 bits per heavy atom. The third kappa shape index (κ3) is 3.74. The highest BCUT2D eigenvalue weighted by Crippen LogP contribution is 2.28. The average molecular weight is 340 g/mol. The minimum atomic E-state index is -0.240. The second-order valence-electron chi connectivity index (χ2n) is 4.26. The minimum Gasteiger partial charge on any atom is -0.378 e. The predicted octanol–water partition coefficient (Wildman–Crippen LogP) is 5.48. The van der Waals surface area contributed by atoms with Crippen molar-refractivity contribution in [1.29, 1.82) is 0 Å². The number of benzene rings is 2. The molecule has 0 radical (unpaired) electrons. The van der Waals surface area contributed by atoms with Crippen LogP contribution in [0.15, 0.2) is 51.8 Å². The summed E-state index contributed by atoms with van der Waals surface area (Å²) in [5.41, 5.74) is 1.94. The molecule has 0 heterocycles. The molecular formula is C15H15BrFNS. The molecule has 1 N–H and O–H groups in total. The van der Waals surface area contributed by atoms with Gasteiger partial charge in [-0.2, -0.15) is 0 Å². The first-order valence-corrected chi connectivity index (χ1v) is 7.97. The predicted molar refractivity (Wildman–Crippen MR) is 84.4 cm³/mol. The Morgan fingerprint density at radius 3 is 2.47 bits per heavy atom. The molecule has 0 amide bonds. The lowest BCUT2D eigenvalue weighted by Crippen LogP contribution is -2.07. The van der Waals surface area contributed by atoms with Crippen LogP contribution >= 0.6 is 27.7 Å². The van der Waals surface area contributed by atoms with E-state index in [1.165, 1.54) is 22.6 Å². The molecule has 0 saturated heterocycles. The Kier molecular flexibility index (Phi) is 4.88. The molecule has 2 aromatic rings. The Hall–Kier alpha value is -1.00. The highest BCUT2D eigenvalue weighted by molar-refractivity contribution is 9.10. The molecule has 19 heavy (non-hydrogen) atoms. The maximum Gasteiger partial charge on any atom is 0.125 e. The van der Waals surface area contributed by atoms with E-state index >= 15 is 0 Å². The molecule has 2 aromatic carbocycles. The second kappa shape index (κ2) is 6.44. The zero-order valence-electron chi connectivity index (χ0n) is 10.8. The average Bonchev–Trinajstić information content (AvgIpc) is 2.43. The summed E-state index contributed by atoms with van der Waals surface area (Å²) in [7, 11) is 0. The van der Waals surface area contributed by atoms with Crippen LogP contribution in [0.5, 0.6) is 0 Å². The first-order valence-electron chi connectivity index (χ1n) is 5.95. The fraction of sp³-hybridized carbons (Fsp3) is 0.200. The van der Waals surface area contributed by atoms with Crippen molar-refractivity contribution in [2.24, 2.45) is 0 Å². The van der Waals surface area contributed by atoms with Crippen LogP contribution in [-0.2, 0) is 0 Å². The summed E-state index contributed by atoms with van der Waals surface area (Å²) < 4.78 is 14.1. The Labute approximate surface area is 125 Å². The summed E-state index contributed by atoms with van der Waals surface area (Å²) in [6, 6.07) is 13.1. The maximum atomic E-state index is 13.2. The summed E-state index contributed by atoms with van der Waals surface area (Å²) in [6.07, 6.45) is 2.06. The van der Waals surface area contributed by atoms with E-state index < -0.39 is 0 Å². The molecule has 0 aromatic heterocycles. The lowest BCUT2D eigenvalue weighted by molar-refractivity contribution is 0.627. The first-order chi connectivity index (χ1) is 9.10. The van der Waals surface area contributed by atoms with Gasteiger partial charge in [-0.1, -0.05) is 12.1 Å². The van der Waals surface area contributed by atoms with Gasteiger partial charge in [0, 0.05) is 15.4 Å². The topological polar surface area (TPSA) is 12.0 Å². The van der Waals surface area contributed by atoms with Gasteiger partial charge in [0.15, 0.2) is 0 Å². The van der Waals surface area contributed by atoms with Crippen LogP contribution in [0.3, 0.4) is 0 Å². The Bertz CT molecular complexity index is 557. The number of halogens is 2. The van der Waals surface area contributed by atoms with Crippen LogP contribution in [0.1, 0.15) is 18.5 Å². The monoisotopic (exact) mass is 339 g/mol. The highest BCUT2D eigenvalue weighted by atomic mass is 79.9. The number of anilines is 1. The van der Waals surface area contributed by atoms with Gasteiger partial charge in [0.05, 0.1) is 5.69 Å². The number of hydrogen-bond donors (Lipinski definition) is 1. The molecule has 1 unspecified atom stereocenters. The SMILES string of the molecule is CSc1ccc(C(C)Nc2cc(F)ccc2Br)cc1. The van der Waals surface area contributed by atoms with E-state index in [1.54, 1.807) is 17.8 Å². The van der Waals surface area contributed by atoms with Crippen molar-refractivity contribution in [3.8, 4) is 0 Å². The molecule has 0 saturated carbocycles. The highest BCUT2D eigenvalue weighted by Gasteiger charge is 2.08. The van der Waals surface area contributed by atoms with Gasteiger partial charge in [0.1, 0.15) is 5.82 Å². The van der Waals surface area contributed by atoms with Crippen LogP contribution in [0.4, 0.5) is 10.1 Å². The fourth-order valence-electron chi connectivity index (χ4n) is 1.82. The summed E-state index contributed by atoms with van der Waals surface area (Å²) >= 11 is 5.14. The van der Waals surface area contributed by atoms with Gasteiger partial charge in [-0.3, -0.25) is 0 Å². The van der Waals surface area contributed by atoms with Crippen LogP contribution in [0.2, 0.25) is 0 Å². The van der Waals surface area contributed by atoms with E-state index in [2.05, 4.69) is 58.7 Å². The van der Waals surface area contributed by atoms with Crippen LogP contribution in [-0.4, -0.2) is 6.26 Å². The zero-order chi connectivity index (χ0) is 13.8. The number of rotatable bonds is 4. The minimum absolute atomic E-state index is 0.119. The molecule has 0 aliphatic rings. The molecular weight excluding hydrogens is 325 g/mol.